The van der Waals surface area contributed by atoms with Crippen LogP contribution in [0, 0.1) is 10.1 Å². The van der Waals surface area contributed by atoms with E-state index in [1.807, 2.05) is 0 Å². The van der Waals surface area contributed by atoms with E-state index in [-0.39, 0.29) is 23.4 Å². The number of esters is 2. The van der Waals surface area contributed by atoms with Gasteiger partial charge in [-0.3, -0.25) is 24.4 Å². The van der Waals surface area contributed by atoms with E-state index in [1.165, 1.54) is 16.8 Å². The molecule has 3 aromatic rings. The van der Waals surface area contributed by atoms with E-state index in [9.17, 15) is 19.7 Å². The second kappa shape index (κ2) is 8.60. The van der Waals surface area contributed by atoms with Crippen LogP contribution in [0.25, 0.3) is 10.9 Å². The molecule has 3 rings (SSSR count). The van der Waals surface area contributed by atoms with Crippen molar-refractivity contribution in [1.29, 1.82) is 0 Å². The lowest BCUT2D eigenvalue weighted by atomic mass is 10.0. The first-order valence-electron chi connectivity index (χ1n) is 8.83. The van der Waals surface area contributed by atoms with Gasteiger partial charge in [0.2, 0.25) is 0 Å². The number of carbonyl (C=O) groups excluding carboxylic acids is 2. The summed E-state index contributed by atoms with van der Waals surface area (Å²) in [6, 6.07) is 11.5. The fraction of sp³-hybridized carbons (Fsp3) is 0.250. The molecule has 0 unspecified atom stereocenters. The van der Waals surface area contributed by atoms with Crippen LogP contribution >= 0.6 is 0 Å². The lowest BCUT2D eigenvalue weighted by Crippen LogP contribution is -2.25. The number of fused-ring (bicyclic) bond motifs is 1. The maximum Gasteiger partial charge on any atom is 0.326 e. The Kier molecular flexibility index (Phi) is 5.95. The van der Waals surface area contributed by atoms with Gasteiger partial charge in [0.25, 0.3) is 5.69 Å². The summed E-state index contributed by atoms with van der Waals surface area (Å²) in [6.45, 7) is 0.167. The van der Waals surface area contributed by atoms with Crippen molar-refractivity contribution in [1.82, 2.24) is 9.78 Å². The molecule has 0 saturated heterocycles. The molecule has 0 N–H and O–H groups in total. The van der Waals surface area contributed by atoms with Crippen LogP contribution < -0.4 is 4.74 Å². The van der Waals surface area contributed by atoms with Gasteiger partial charge in [-0.1, -0.05) is 24.3 Å². The first-order chi connectivity index (χ1) is 14.4. The number of nitro groups is 1. The zero-order valence-electron chi connectivity index (χ0n) is 16.5. The van der Waals surface area contributed by atoms with Gasteiger partial charge in [0.15, 0.2) is 5.92 Å². The minimum absolute atomic E-state index is 0.0286. The molecule has 0 bridgehead atoms. The van der Waals surface area contributed by atoms with Crippen molar-refractivity contribution in [2.75, 3.05) is 21.3 Å². The highest BCUT2D eigenvalue weighted by Gasteiger charge is 2.36. The average molecular weight is 413 g/mol. The van der Waals surface area contributed by atoms with E-state index >= 15 is 0 Å². The van der Waals surface area contributed by atoms with E-state index in [2.05, 4.69) is 5.10 Å². The summed E-state index contributed by atoms with van der Waals surface area (Å²) >= 11 is 0. The van der Waals surface area contributed by atoms with Crippen molar-refractivity contribution in [2.24, 2.45) is 0 Å². The molecule has 0 aliphatic carbocycles. The Morgan fingerprint density at radius 3 is 2.23 bits per heavy atom. The number of methoxy groups -OCH3 is 3. The molecular weight excluding hydrogens is 394 g/mol. The highest BCUT2D eigenvalue weighted by molar-refractivity contribution is 6.04. The summed E-state index contributed by atoms with van der Waals surface area (Å²) < 4.78 is 16.0. The largest absolute Gasteiger partial charge is 0.497 e. The number of para-hydroxylation sites is 1. The highest BCUT2D eigenvalue weighted by Crippen LogP contribution is 2.33. The molecule has 0 fully saturated rings. The Labute approximate surface area is 171 Å². The van der Waals surface area contributed by atoms with Gasteiger partial charge < -0.3 is 14.2 Å². The molecule has 1 aromatic heterocycles. The van der Waals surface area contributed by atoms with Crippen LogP contribution in [0.15, 0.2) is 42.5 Å². The quantitative estimate of drug-likeness (QED) is 0.250. The Morgan fingerprint density at radius 1 is 1.07 bits per heavy atom. The Morgan fingerprint density at radius 2 is 1.70 bits per heavy atom. The maximum atomic E-state index is 12.3. The molecular formula is C20H19N3O7. The van der Waals surface area contributed by atoms with Gasteiger partial charge in [-0.2, -0.15) is 5.10 Å². The fourth-order valence-electron chi connectivity index (χ4n) is 3.18. The molecule has 0 amide bonds. The SMILES string of the molecule is COC(=O)C(C(=O)OC)c1nn(Cc2ccc(OC)cc2)c2c([N+](=O)[O-])cccc12. The number of aromatic nitrogens is 2. The predicted octanol–water partition coefficient (Wildman–Crippen LogP) is 2.43. The number of non-ortho nitro benzene ring substituents is 1. The number of ether oxygens (including phenoxy) is 3. The lowest BCUT2D eigenvalue weighted by molar-refractivity contribution is -0.383. The van der Waals surface area contributed by atoms with Gasteiger partial charge in [-0.15, -0.1) is 0 Å². The standard InChI is InChI=1S/C20H19N3O7/c1-28-13-9-7-12(8-10-13)11-22-18-14(5-4-6-15(18)23(26)27)17(21-22)16(19(24)29-2)20(25)30-3/h4-10,16H,11H2,1-3H3. The maximum absolute atomic E-state index is 12.3. The number of hydrogen-bond donors (Lipinski definition) is 0. The molecule has 1 heterocycles. The van der Waals surface area contributed by atoms with E-state index < -0.39 is 22.8 Å². The first kappa shape index (κ1) is 20.8. The van der Waals surface area contributed by atoms with Crippen LogP contribution in [0.3, 0.4) is 0 Å². The minimum atomic E-state index is -1.47. The van der Waals surface area contributed by atoms with E-state index in [4.69, 9.17) is 14.2 Å². The van der Waals surface area contributed by atoms with Gasteiger partial charge in [-0.25, -0.2) is 0 Å². The minimum Gasteiger partial charge on any atom is -0.497 e. The van der Waals surface area contributed by atoms with Gasteiger partial charge in [0, 0.05) is 11.5 Å². The molecule has 0 saturated carbocycles. The molecule has 0 aliphatic rings. The average Bonchev–Trinajstić information content (AvgIpc) is 3.12. The van der Waals surface area contributed by atoms with E-state index in [1.54, 1.807) is 37.4 Å². The van der Waals surface area contributed by atoms with Crippen LogP contribution in [0.2, 0.25) is 0 Å². The summed E-state index contributed by atoms with van der Waals surface area (Å²) in [4.78, 5) is 35.7. The zero-order valence-corrected chi connectivity index (χ0v) is 16.5. The van der Waals surface area contributed by atoms with E-state index in [0.717, 1.165) is 19.8 Å². The first-order valence-corrected chi connectivity index (χ1v) is 8.83. The molecule has 0 spiro atoms. The number of nitrogens with zero attached hydrogens (tertiary/aromatic N) is 3. The topological polar surface area (TPSA) is 123 Å². The summed E-state index contributed by atoms with van der Waals surface area (Å²) in [5.74, 6) is -2.55. The Hall–Kier alpha value is -3.95. The molecule has 10 heteroatoms. The van der Waals surface area contributed by atoms with Crippen molar-refractivity contribution in [2.45, 2.75) is 12.5 Å². The van der Waals surface area contributed by atoms with Gasteiger partial charge in [0.1, 0.15) is 11.3 Å². The summed E-state index contributed by atoms with van der Waals surface area (Å²) in [5, 5.41) is 16.3. The van der Waals surface area contributed by atoms with Crippen LogP contribution in [-0.4, -0.2) is 48.0 Å². The molecule has 10 nitrogen and oxygen atoms in total. The fourth-order valence-corrected chi connectivity index (χ4v) is 3.18. The van der Waals surface area contributed by atoms with Crippen molar-refractivity contribution in [3.8, 4) is 5.75 Å². The predicted molar refractivity (Wildman–Crippen MR) is 105 cm³/mol. The van der Waals surface area contributed by atoms with E-state index in [0.29, 0.717) is 11.1 Å². The van der Waals surface area contributed by atoms with Gasteiger partial charge >= 0.3 is 11.9 Å². The third-order valence-electron chi connectivity index (χ3n) is 4.61. The number of carbonyl (C=O) groups is 2. The van der Waals surface area contributed by atoms with Gasteiger partial charge in [0.05, 0.1) is 38.5 Å². The van der Waals surface area contributed by atoms with Crippen LogP contribution in [-0.2, 0) is 25.6 Å². The summed E-state index contributed by atoms with van der Waals surface area (Å²) in [7, 11) is 3.82. The second-order valence-corrected chi connectivity index (χ2v) is 6.30. The molecule has 0 atom stereocenters. The second-order valence-electron chi connectivity index (χ2n) is 6.30. The van der Waals surface area contributed by atoms with Gasteiger partial charge in [-0.05, 0) is 17.7 Å². The molecule has 156 valence electrons. The molecule has 30 heavy (non-hydrogen) atoms. The van der Waals surface area contributed by atoms with Crippen molar-refractivity contribution < 1.29 is 28.7 Å². The zero-order chi connectivity index (χ0) is 21.8. The number of nitro benzene ring substituents is 1. The van der Waals surface area contributed by atoms with Crippen molar-refractivity contribution in [3.05, 3.63) is 63.8 Å². The molecule has 0 aliphatic heterocycles. The molecule has 2 aromatic carbocycles. The lowest BCUT2D eigenvalue weighted by Gasteiger charge is -2.10. The third-order valence-corrected chi connectivity index (χ3v) is 4.61. The number of hydrogen-bond acceptors (Lipinski definition) is 8. The number of benzene rings is 2. The Balaban J connectivity index is 2.21. The summed E-state index contributed by atoms with van der Waals surface area (Å²) in [5.41, 5.74) is 0.804. The molecule has 0 radical (unpaired) electrons. The normalized spacial score (nSPS) is 10.8. The monoisotopic (exact) mass is 413 g/mol. The van der Waals surface area contributed by atoms with Crippen molar-refractivity contribution >= 4 is 28.5 Å². The van der Waals surface area contributed by atoms with Crippen LogP contribution in [0.4, 0.5) is 5.69 Å². The smallest absolute Gasteiger partial charge is 0.326 e. The third kappa shape index (κ3) is 3.79. The van der Waals surface area contributed by atoms with Crippen LogP contribution in [0.5, 0.6) is 5.75 Å². The Bertz CT molecular complexity index is 1090. The van der Waals surface area contributed by atoms with Crippen molar-refractivity contribution in [3.63, 3.8) is 0 Å². The highest BCUT2D eigenvalue weighted by atomic mass is 16.6. The summed E-state index contributed by atoms with van der Waals surface area (Å²) in [6.07, 6.45) is 0. The number of rotatable bonds is 7. The van der Waals surface area contributed by atoms with Crippen LogP contribution in [0.1, 0.15) is 17.2 Å².